The molecule has 2 aromatic heterocycles. The molecule has 0 saturated heterocycles. The Morgan fingerprint density at radius 3 is 2.85 bits per heavy atom. The van der Waals surface area contributed by atoms with E-state index in [2.05, 4.69) is 31.9 Å². The molecule has 2 heterocycles. The van der Waals surface area contributed by atoms with Crippen molar-refractivity contribution in [3.63, 3.8) is 0 Å². The number of hydrogen-bond acceptors (Lipinski definition) is 7. The maximum absolute atomic E-state index is 9.21. The molecule has 26 heavy (non-hydrogen) atoms. The number of aromatic nitrogens is 3. The van der Waals surface area contributed by atoms with Crippen LogP contribution in [-0.4, -0.2) is 22.2 Å². The lowest BCUT2D eigenvalue weighted by Gasteiger charge is -2.19. The van der Waals surface area contributed by atoms with Gasteiger partial charge in [0.15, 0.2) is 5.82 Å². The van der Waals surface area contributed by atoms with Crippen molar-refractivity contribution in [3.05, 3.63) is 58.0 Å². The summed E-state index contributed by atoms with van der Waals surface area (Å²) in [5, 5.41) is 26.0. The maximum atomic E-state index is 9.21. The van der Waals surface area contributed by atoms with Crippen LogP contribution in [0.25, 0.3) is 10.8 Å². The Morgan fingerprint density at radius 1 is 1.31 bits per heavy atom. The fourth-order valence-corrected chi connectivity index (χ4v) is 2.97. The standard InChI is InChI=1S/C18H18ClN7/c1-10-11(7-20)4-3-5-12(10)17(21)24-18-13-6-16(19)23-8-14(13)15(9-22-2)25-26-18/h3-6,8,17,22H,9,21H2,1-2H3,(H,24,26)/t17-/m0/s1. The number of nitrogens with two attached hydrogens (primary N) is 1. The highest BCUT2D eigenvalue weighted by atomic mass is 35.5. The Balaban J connectivity index is 2.03. The van der Waals surface area contributed by atoms with Gasteiger partial charge in [0.05, 0.1) is 17.3 Å². The van der Waals surface area contributed by atoms with Gasteiger partial charge in [-0.05, 0) is 37.2 Å². The first-order valence-electron chi connectivity index (χ1n) is 8.02. The minimum absolute atomic E-state index is 0.361. The summed E-state index contributed by atoms with van der Waals surface area (Å²) in [6.07, 6.45) is 1.12. The minimum atomic E-state index is -0.553. The quantitative estimate of drug-likeness (QED) is 0.469. The van der Waals surface area contributed by atoms with Gasteiger partial charge in [0.1, 0.15) is 11.3 Å². The number of fused-ring (bicyclic) bond motifs is 1. The van der Waals surface area contributed by atoms with Gasteiger partial charge in [0.25, 0.3) is 0 Å². The molecule has 132 valence electrons. The van der Waals surface area contributed by atoms with E-state index in [0.717, 1.165) is 27.6 Å². The number of nitrogens with one attached hydrogen (secondary N) is 2. The maximum Gasteiger partial charge on any atom is 0.158 e. The molecule has 0 bridgehead atoms. The van der Waals surface area contributed by atoms with Crippen molar-refractivity contribution >= 4 is 28.2 Å². The third-order valence-corrected chi connectivity index (χ3v) is 4.38. The van der Waals surface area contributed by atoms with Crippen LogP contribution in [0, 0.1) is 18.3 Å². The molecule has 4 N–H and O–H groups in total. The SMILES string of the molecule is CNCc1nnc(N[C@H](N)c2cccc(C#N)c2C)c2cc(Cl)ncc12. The fourth-order valence-electron chi connectivity index (χ4n) is 2.82. The second-order valence-corrected chi connectivity index (χ2v) is 6.22. The molecule has 1 aromatic carbocycles. The van der Waals surface area contributed by atoms with Crippen LogP contribution in [0.3, 0.4) is 0 Å². The zero-order valence-electron chi connectivity index (χ0n) is 14.4. The summed E-state index contributed by atoms with van der Waals surface area (Å²) in [4.78, 5) is 4.14. The van der Waals surface area contributed by atoms with Crippen LogP contribution in [0.5, 0.6) is 0 Å². The van der Waals surface area contributed by atoms with E-state index in [0.29, 0.717) is 23.1 Å². The summed E-state index contributed by atoms with van der Waals surface area (Å²) in [6.45, 7) is 2.43. The van der Waals surface area contributed by atoms with Crippen LogP contribution in [0.1, 0.15) is 28.6 Å². The van der Waals surface area contributed by atoms with E-state index < -0.39 is 6.17 Å². The van der Waals surface area contributed by atoms with Crippen molar-refractivity contribution in [2.45, 2.75) is 19.6 Å². The normalized spacial score (nSPS) is 12.0. The summed E-state index contributed by atoms with van der Waals surface area (Å²) >= 11 is 6.07. The van der Waals surface area contributed by atoms with E-state index in [1.165, 1.54) is 0 Å². The van der Waals surface area contributed by atoms with Crippen LogP contribution < -0.4 is 16.4 Å². The van der Waals surface area contributed by atoms with E-state index in [-0.39, 0.29) is 0 Å². The van der Waals surface area contributed by atoms with Crippen LogP contribution >= 0.6 is 11.6 Å². The molecule has 0 fully saturated rings. The van der Waals surface area contributed by atoms with Gasteiger partial charge >= 0.3 is 0 Å². The highest BCUT2D eigenvalue weighted by Gasteiger charge is 2.16. The van der Waals surface area contributed by atoms with Crippen molar-refractivity contribution in [2.75, 3.05) is 12.4 Å². The van der Waals surface area contributed by atoms with Gasteiger partial charge in [0, 0.05) is 23.5 Å². The molecular weight excluding hydrogens is 350 g/mol. The van der Waals surface area contributed by atoms with E-state index >= 15 is 0 Å². The Morgan fingerprint density at radius 2 is 2.12 bits per heavy atom. The highest BCUT2D eigenvalue weighted by molar-refractivity contribution is 6.30. The zero-order valence-corrected chi connectivity index (χ0v) is 15.2. The Bertz CT molecular complexity index is 997. The van der Waals surface area contributed by atoms with Gasteiger partial charge in [0.2, 0.25) is 0 Å². The molecule has 3 aromatic rings. The lowest BCUT2D eigenvalue weighted by Crippen LogP contribution is -2.22. The molecule has 3 rings (SSSR count). The van der Waals surface area contributed by atoms with Gasteiger partial charge in [-0.25, -0.2) is 4.98 Å². The summed E-state index contributed by atoms with van der Waals surface area (Å²) in [7, 11) is 1.84. The number of rotatable bonds is 5. The van der Waals surface area contributed by atoms with Crippen molar-refractivity contribution < 1.29 is 0 Å². The molecule has 7 nitrogen and oxygen atoms in total. The van der Waals surface area contributed by atoms with Gasteiger partial charge in [-0.15, -0.1) is 5.10 Å². The van der Waals surface area contributed by atoms with Crippen LogP contribution in [-0.2, 0) is 6.54 Å². The smallest absolute Gasteiger partial charge is 0.158 e. The monoisotopic (exact) mass is 367 g/mol. The topological polar surface area (TPSA) is 113 Å². The predicted octanol–water partition coefficient (Wildman–Crippen LogP) is 2.65. The van der Waals surface area contributed by atoms with Crippen LogP contribution in [0.2, 0.25) is 5.15 Å². The van der Waals surface area contributed by atoms with Crippen molar-refractivity contribution in [2.24, 2.45) is 5.73 Å². The first kappa shape index (κ1) is 18.0. The molecule has 0 aliphatic carbocycles. The number of pyridine rings is 1. The van der Waals surface area contributed by atoms with E-state index in [9.17, 15) is 5.26 Å². The van der Waals surface area contributed by atoms with Gasteiger partial charge in [-0.1, -0.05) is 23.7 Å². The number of anilines is 1. The van der Waals surface area contributed by atoms with Crippen molar-refractivity contribution in [1.82, 2.24) is 20.5 Å². The van der Waals surface area contributed by atoms with Gasteiger partial charge in [-0.2, -0.15) is 10.4 Å². The third-order valence-electron chi connectivity index (χ3n) is 4.17. The molecule has 0 saturated carbocycles. The molecular formula is C18H18ClN7. The summed E-state index contributed by atoms with van der Waals surface area (Å²) < 4.78 is 0. The lowest BCUT2D eigenvalue weighted by molar-refractivity contribution is 0.769. The average molecular weight is 368 g/mol. The number of benzene rings is 1. The number of halogens is 1. The second kappa shape index (κ2) is 7.62. The lowest BCUT2D eigenvalue weighted by atomic mass is 10.0. The first-order chi connectivity index (χ1) is 12.5. The Hall–Kier alpha value is -2.79. The molecule has 0 spiro atoms. The van der Waals surface area contributed by atoms with Gasteiger partial charge < -0.3 is 16.4 Å². The molecule has 1 atom stereocenters. The van der Waals surface area contributed by atoms with E-state index in [4.69, 9.17) is 17.3 Å². The van der Waals surface area contributed by atoms with Crippen LogP contribution in [0.4, 0.5) is 5.82 Å². The molecule has 0 unspecified atom stereocenters. The second-order valence-electron chi connectivity index (χ2n) is 5.83. The largest absolute Gasteiger partial charge is 0.349 e. The molecule has 0 amide bonds. The Labute approximate surface area is 156 Å². The number of nitriles is 1. The molecule has 8 heteroatoms. The summed E-state index contributed by atoms with van der Waals surface area (Å²) in [5.41, 5.74) is 9.34. The summed E-state index contributed by atoms with van der Waals surface area (Å²) in [5.74, 6) is 0.512. The van der Waals surface area contributed by atoms with Crippen molar-refractivity contribution in [1.29, 1.82) is 5.26 Å². The van der Waals surface area contributed by atoms with Crippen molar-refractivity contribution in [3.8, 4) is 6.07 Å². The first-order valence-corrected chi connectivity index (χ1v) is 8.40. The van der Waals surface area contributed by atoms with E-state index in [1.807, 2.05) is 26.1 Å². The average Bonchev–Trinajstić information content (AvgIpc) is 2.64. The molecule has 0 aliphatic rings. The number of nitrogens with zero attached hydrogens (tertiary/aromatic N) is 4. The van der Waals surface area contributed by atoms with E-state index in [1.54, 1.807) is 18.3 Å². The van der Waals surface area contributed by atoms with Gasteiger partial charge in [-0.3, -0.25) is 0 Å². The third kappa shape index (κ3) is 3.44. The number of hydrogen-bond donors (Lipinski definition) is 3. The zero-order chi connectivity index (χ0) is 18.7. The minimum Gasteiger partial charge on any atom is -0.349 e. The Kier molecular flexibility index (Phi) is 5.28. The summed E-state index contributed by atoms with van der Waals surface area (Å²) in [6, 6.07) is 9.36. The predicted molar refractivity (Wildman–Crippen MR) is 102 cm³/mol. The van der Waals surface area contributed by atoms with Crippen LogP contribution in [0.15, 0.2) is 30.5 Å². The molecule has 0 aliphatic heterocycles. The molecule has 0 radical (unpaired) electrons. The highest BCUT2D eigenvalue weighted by Crippen LogP contribution is 2.27. The fraction of sp³-hybridized carbons (Fsp3) is 0.222.